The van der Waals surface area contributed by atoms with E-state index in [2.05, 4.69) is 4.98 Å². The van der Waals surface area contributed by atoms with Gasteiger partial charge in [-0.3, -0.25) is 4.98 Å². The average molecular weight is 196 g/mol. The van der Waals surface area contributed by atoms with Crippen LogP contribution in [0.4, 0.5) is 5.69 Å². The molecule has 2 nitrogen and oxygen atoms in total. The van der Waals surface area contributed by atoms with E-state index in [1.54, 1.807) is 12.3 Å². The van der Waals surface area contributed by atoms with Crippen molar-refractivity contribution >= 4 is 16.6 Å². The quantitative estimate of drug-likeness (QED) is 0.556. The molecule has 0 saturated carbocycles. The molecule has 0 saturated heterocycles. The number of benzene rings is 1. The van der Waals surface area contributed by atoms with Crippen molar-refractivity contribution in [2.75, 3.05) is 0 Å². The van der Waals surface area contributed by atoms with Crippen LogP contribution in [-0.2, 0) is 0 Å². The summed E-state index contributed by atoms with van der Waals surface area (Å²) in [7, 11) is 0. The third kappa shape index (κ3) is 2.30. The zero-order valence-corrected chi connectivity index (χ0v) is 11.0. The molecule has 3 heteroatoms. The molecule has 0 bridgehead atoms. The van der Waals surface area contributed by atoms with E-state index in [0.717, 1.165) is 10.9 Å². The predicted octanol–water partition coefficient (Wildman–Crippen LogP) is 0.231. The third-order valence-corrected chi connectivity index (χ3v) is 1.90. The van der Waals surface area contributed by atoms with Crippen molar-refractivity contribution in [3.63, 3.8) is 0 Å². The van der Waals surface area contributed by atoms with Crippen LogP contribution in [0.15, 0.2) is 30.5 Å². The molecule has 13 heavy (non-hydrogen) atoms. The van der Waals surface area contributed by atoms with Gasteiger partial charge in [-0.2, -0.15) is 0 Å². The number of nitrogens with zero attached hydrogens (tertiary/aromatic N) is 1. The monoisotopic (exact) mass is 196 g/mol. The van der Waals surface area contributed by atoms with Gasteiger partial charge >= 0.3 is 51.4 Å². The molecule has 2 aromatic rings. The van der Waals surface area contributed by atoms with Crippen molar-refractivity contribution in [2.24, 2.45) is 0 Å². The van der Waals surface area contributed by atoms with Crippen molar-refractivity contribution in [3.8, 4) is 0 Å². The minimum Gasteiger partial charge on any atom is -0.698 e. The molecule has 0 unspecified atom stereocenters. The van der Waals surface area contributed by atoms with Crippen molar-refractivity contribution in [2.45, 2.75) is 6.92 Å². The van der Waals surface area contributed by atoms with Crippen LogP contribution in [0.1, 0.15) is 5.56 Å². The number of aromatic nitrogens is 1. The summed E-state index contributed by atoms with van der Waals surface area (Å²) in [6.07, 6.45) is 1.67. The fourth-order valence-corrected chi connectivity index (χ4v) is 1.26. The molecule has 2 rings (SSSR count). The average Bonchev–Trinajstić information content (AvgIpc) is 2.04. The number of rotatable bonds is 0. The Bertz CT molecular complexity index is 426. The van der Waals surface area contributed by atoms with E-state index in [4.69, 9.17) is 5.73 Å². The summed E-state index contributed by atoms with van der Waals surface area (Å²) < 4.78 is 0. The van der Waals surface area contributed by atoms with Crippen molar-refractivity contribution in [1.82, 2.24) is 4.98 Å². The maximum Gasteiger partial charge on any atom is 1.00 e. The molecule has 0 atom stereocenters. The number of pyridine rings is 1. The van der Waals surface area contributed by atoms with Gasteiger partial charge in [0.1, 0.15) is 0 Å². The Kier molecular flexibility index (Phi) is 3.88. The maximum atomic E-state index is 7.59. The number of hydrogen-bond donors (Lipinski definition) is 0. The van der Waals surface area contributed by atoms with Gasteiger partial charge < -0.3 is 5.73 Å². The van der Waals surface area contributed by atoms with Crippen LogP contribution < -0.4 is 51.4 Å². The Morgan fingerprint density at radius 2 is 2.00 bits per heavy atom. The first-order valence-electron chi connectivity index (χ1n) is 3.84. The number of fused-ring (bicyclic) bond motifs is 1. The Morgan fingerprint density at radius 1 is 1.23 bits per heavy atom. The van der Waals surface area contributed by atoms with Gasteiger partial charge in [-0.25, -0.2) is 0 Å². The van der Waals surface area contributed by atoms with Crippen LogP contribution in [0.3, 0.4) is 0 Å². The molecule has 0 radical (unpaired) electrons. The minimum atomic E-state index is 0. The molecule has 0 fully saturated rings. The van der Waals surface area contributed by atoms with Crippen LogP contribution in [-0.4, -0.2) is 4.98 Å². The van der Waals surface area contributed by atoms with Crippen LogP contribution in [0.5, 0.6) is 0 Å². The summed E-state index contributed by atoms with van der Waals surface area (Å²) in [5.74, 6) is 0. The van der Waals surface area contributed by atoms with Crippen LogP contribution in [0.25, 0.3) is 16.6 Å². The first kappa shape index (κ1) is 11.1. The molecule has 0 aliphatic heterocycles. The van der Waals surface area contributed by atoms with E-state index in [0.29, 0.717) is 5.69 Å². The predicted molar refractivity (Wildman–Crippen MR) is 50.5 cm³/mol. The molecule has 60 valence electrons. The van der Waals surface area contributed by atoms with Crippen LogP contribution in [0, 0.1) is 6.92 Å². The molecule has 0 spiro atoms. The summed E-state index contributed by atoms with van der Waals surface area (Å²) in [6, 6.07) is 7.65. The second-order valence-electron chi connectivity index (χ2n) is 2.88. The van der Waals surface area contributed by atoms with Gasteiger partial charge in [-0.15, -0.1) is 5.69 Å². The summed E-state index contributed by atoms with van der Waals surface area (Å²) >= 11 is 0. The SMILES string of the molecule is Cc1ccc2c([NH-])ccnc2c1.[K+]. The van der Waals surface area contributed by atoms with Gasteiger partial charge in [-0.1, -0.05) is 18.2 Å². The van der Waals surface area contributed by atoms with E-state index in [1.807, 2.05) is 25.1 Å². The summed E-state index contributed by atoms with van der Waals surface area (Å²) in [4.78, 5) is 4.18. The van der Waals surface area contributed by atoms with E-state index in [1.165, 1.54) is 5.56 Å². The van der Waals surface area contributed by atoms with Crippen molar-refractivity contribution in [1.29, 1.82) is 0 Å². The number of nitrogens with one attached hydrogen (secondary N) is 1. The van der Waals surface area contributed by atoms with Gasteiger partial charge in [0.2, 0.25) is 0 Å². The molecule has 1 aromatic heterocycles. The van der Waals surface area contributed by atoms with Gasteiger partial charge in [0.05, 0.1) is 5.52 Å². The molecule has 1 aromatic carbocycles. The second kappa shape index (κ2) is 4.53. The summed E-state index contributed by atoms with van der Waals surface area (Å²) in [5, 5.41) is 0.920. The number of aryl methyl sites for hydroxylation is 1. The van der Waals surface area contributed by atoms with Crippen LogP contribution >= 0.6 is 0 Å². The Morgan fingerprint density at radius 3 is 2.77 bits per heavy atom. The largest absolute Gasteiger partial charge is 1.00 e. The summed E-state index contributed by atoms with van der Waals surface area (Å²) in [5.41, 5.74) is 10.2. The molecular formula is C10H9KN2. The first-order valence-corrected chi connectivity index (χ1v) is 3.84. The molecule has 0 aliphatic carbocycles. The van der Waals surface area contributed by atoms with Crippen molar-refractivity contribution < 1.29 is 51.4 Å². The van der Waals surface area contributed by atoms with E-state index < -0.39 is 0 Å². The zero-order chi connectivity index (χ0) is 8.55. The van der Waals surface area contributed by atoms with Gasteiger partial charge in [0.25, 0.3) is 0 Å². The smallest absolute Gasteiger partial charge is 0.698 e. The Labute approximate surface area is 120 Å². The first-order chi connectivity index (χ1) is 5.77. The Balaban J connectivity index is 0.000000845. The van der Waals surface area contributed by atoms with E-state index in [-0.39, 0.29) is 51.4 Å². The Hall–Kier alpha value is 0.0664. The molecule has 1 N–H and O–H groups in total. The molecule has 1 heterocycles. The molecule has 0 aliphatic rings. The van der Waals surface area contributed by atoms with E-state index >= 15 is 0 Å². The third-order valence-electron chi connectivity index (χ3n) is 1.90. The standard InChI is InChI=1S/C10H9N2.K/c1-7-2-3-8-9(11)4-5-12-10(8)6-7;/h2-6H,1H3,(H-,11,12);/q-1;+1. The van der Waals surface area contributed by atoms with Crippen LogP contribution in [0.2, 0.25) is 0 Å². The fraction of sp³-hybridized carbons (Fsp3) is 0.100. The summed E-state index contributed by atoms with van der Waals surface area (Å²) in [6.45, 7) is 2.03. The fourth-order valence-electron chi connectivity index (χ4n) is 1.26. The second-order valence-corrected chi connectivity index (χ2v) is 2.88. The molecular weight excluding hydrogens is 187 g/mol. The normalized spacial score (nSPS) is 9.62. The minimum absolute atomic E-state index is 0. The van der Waals surface area contributed by atoms with E-state index in [9.17, 15) is 0 Å². The maximum absolute atomic E-state index is 7.59. The topological polar surface area (TPSA) is 36.7 Å². The molecule has 0 amide bonds. The van der Waals surface area contributed by atoms with Gasteiger partial charge in [0, 0.05) is 6.20 Å². The van der Waals surface area contributed by atoms with Gasteiger partial charge in [0.15, 0.2) is 0 Å². The zero-order valence-electron chi connectivity index (χ0n) is 7.83. The number of hydrogen-bond acceptors (Lipinski definition) is 1. The van der Waals surface area contributed by atoms with Crippen molar-refractivity contribution in [3.05, 3.63) is 41.8 Å². The van der Waals surface area contributed by atoms with Gasteiger partial charge in [-0.05, 0) is 23.9 Å².